The predicted octanol–water partition coefficient (Wildman–Crippen LogP) is 6.10. The summed E-state index contributed by atoms with van der Waals surface area (Å²) in [4.78, 5) is 1.42. The number of hydrogen-bond acceptors (Lipinski definition) is 2. The van der Waals surface area contributed by atoms with Gasteiger partial charge in [0.05, 0.1) is 5.69 Å². The highest BCUT2D eigenvalue weighted by atomic mass is 79.9. The number of nitrogens with one attached hydrogen (secondary N) is 1. The smallest absolute Gasteiger partial charge is 0.0630 e. The highest BCUT2D eigenvalue weighted by Crippen LogP contribution is 2.38. The Morgan fingerprint density at radius 1 is 1.10 bits per heavy atom. The summed E-state index contributed by atoms with van der Waals surface area (Å²) in [5.41, 5.74) is 2.59. The fraction of sp³-hybridized carbons (Fsp3) is 0.200. The van der Waals surface area contributed by atoms with Gasteiger partial charge in [-0.2, -0.15) is 0 Å². The molecule has 1 nitrogen and oxygen atoms in total. The third kappa shape index (κ3) is 3.26. The van der Waals surface area contributed by atoms with Gasteiger partial charge in [-0.3, -0.25) is 0 Å². The number of fused-ring (bicyclic) bond motifs is 1. The summed E-state index contributed by atoms with van der Waals surface area (Å²) in [6, 6.07) is 12.8. The summed E-state index contributed by atoms with van der Waals surface area (Å²) in [6.07, 6.45) is 1.14. The van der Waals surface area contributed by atoms with E-state index in [0.29, 0.717) is 5.25 Å². The summed E-state index contributed by atoms with van der Waals surface area (Å²) in [5.74, 6) is 0. The molecule has 104 valence electrons. The van der Waals surface area contributed by atoms with E-state index < -0.39 is 0 Å². The van der Waals surface area contributed by atoms with Crippen LogP contribution in [0, 0.1) is 0 Å². The van der Waals surface area contributed by atoms with Crippen molar-refractivity contribution in [3.05, 3.63) is 55.4 Å². The van der Waals surface area contributed by atoms with Crippen molar-refractivity contribution in [3.63, 3.8) is 0 Å². The van der Waals surface area contributed by atoms with Crippen LogP contribution in [-0.4, -0.2) is 11.8 Å². The number of halogens is 3. The topological polar surface area (TPSA) is 12.0 Å². The lowest BCUT2D eigenvalue weighted by molar-refractivity contribution is 0.898. The van der Waals surface area contributed by atoms with Crippen LogP contribution in [0.15, 0.2) is 54.7 Å². The van der Waals surface area contributed by atoms with Crippen LogP contribution < -0.4 is 5.32 Å². The van der Waals surface area contributed by atoms with Gasteiger partial charge in [-0.25, -0.2) is 0 Å². The molecule has 1 atom stereocenters. The predicted molar refractivity (Wildman–Crippen MR) is 97.8 cm³/mol. The van der Waals surface area contributed by atoms with Crippen LogP contribution in [0.4, 0.5) is 5.69 Å². The number of hydrogen-bond donors (Lipinski definition) is 1. The zero-order valence-corrected chi connectivity index (χ0v) is 16.1. The summed E-state index contributed by atoms with van der Waals surface area (Å²) in [7, 11) is 0. The minimum absolute atomic E-state index is 0.592. The lowest BCUT2D eigenvalue weighted by atomic mass is 10.1. The Morgan fingerprint density at radius 2 is 1.80 bits per heavy atom. The van der Waals surface area contributed by atoms with E-state index in [9.17, 15) is 0 Å². The monoisotopic (exact) mass is 475 g/mol. The van der Waals surface area contributed by atoms with Crippen molar-refractivity contribution in [1.82, 2.24) is 0 Å². The molecule has 1 heterocycles. The molecule has 0 spiro atoms. The molecule has 0 saturated carbocycles. The van der Waals surface area contributed by atoms with Gasteiger partial charge in [-0.15, -0.1) is 11.8 Å². The first-order chi connectivity index (χ1) is 9.63. The van der Waals surface area contributed by atoms with Gasteiger partial charge in [0.1, 0.15) is 0 Å². The minimum atomic E-state index is 0.592. The summed E-state index contributed by atoms with van der Waals surface area (Å²) in [5, 5.41) is 4.14. The van der Waals surface area contributed by atoms with Crippen molar-refractivity contribution in [2.24, 2.45) is 0 Å². The molecule has 1 unspecified atom stereocenters. The molecule has 1 N–H and O–H groups in total. The van der Waals surface area contributed by atoms with Crippen LogP contribution in [0.2, 0.25) is 0 Å². The average Bonchev–Trinajstić information content (AvgIpc) is 2.80. The second kappa shape index (κ2) is 6.42. The van der Waals surface area contributed by atoms with Gasteiger partial charge in [0, 0.05) is 30.1 Å². The molecule has 0 bridgehead atoms. The largest absolute Gasteiger partial charge is 0.382 e. The fourth-order valence-corrected chi connectivity index (χ4v) is 6.08. The van der Waals surface area contributed by atoms with E-state index in [1.54, 1.807) is 0 Å². The van der Waals surface area contributed by atoms with Crippen LogP contribution in [0.3, 0.4) is 0 Å². The summed E-state index contributed by atoms with van der Waals surface area (Å²) < 4.78 is 3.20. The van der Waals surface area contributed by atoms with Crippen LogP contribution in [0.25, 0.3) is 0 Å². The molecule has 1 aliphatic heterocycles. The molecular weight excluding hydrogens is 466 g/mol. The summed E-state index contributed by atoms with van der Waals surface area (Å²) in [6.45, 7) is 0.957. The highest BCUT2D eigenvalue weighted by Gasteiger charge is 2.21. The van der Waals surface area contributed by atoms with Crippen LogP contribution >= 0.6 is 59.6 Å². The molecule has 0 fully saturated rings. The zero-order chi connectivity index (χ0) is 14.1. The van der Waals surface area contributed by atoms with Crippen LogP contribution in [0.1, 0.15) is 5.56 Å². The van der Waals surface area contributed by atoms with Crippen molar-refractivity contribution < 1.29 is 0 Å². The molecule has 0 aliphatic carbocycles. The average molecular weight is 478 g/mol. The molecule has 3 rings (SSSR count). The first kappa shape index (κ1) is 14.9. The third-order valence-corrected chi connectivity index (χ3v) is 6.25. The van der Waals surface area contributed by atoms with E-state index >= 15 is 0 Å². The molecule has 2 aromatic carbocycles. The number of benzene rings is 2. The Hall–Kier alpha value is 0.0300. The molecule has 0 aromatic heterocycles. The van der Waals surface area contributed by atoms with E-state index in [2.05, 4.69) is 89.5 Å². The Bertz CT molecular complexity index is 597. The van der Waals surface area contributed by atoms with Gasteiger partial charge in [0.2, 0.25) is 0 Å². The van der Waals surface area contributed by atoms with Crippen LogP contribution in [0.5, 0.6) is 0 Å². The Kier molecular flexibility index (Phi) is 4.80. The van der Waals surface area contributed by atoms with E-state index in [4.69, 9.17) is 0 Å². The molecular formula is C15H12Br3NS. The van der Waals surface area contributed by atoms with Crippen molar-refractivity contribution >= 4 is 65.2 Å². The molecule has 0 saturated heterocycles. The van der Waals surface area contributed by atoms with Crippen molar-refractivity contribution in [2.45, 2.75) is 16.6 Å². The Balaban J connectivity index is 1.67. The van der Waals surface area contributed by atoms with Gasteiger partial charge in [0.15, 0.2) is 0 Å². The van der Waals surface area contributed by atoms with E-state index in [1.807, 2.05) is 11.8 Å². The maximum Gasteiger partial charge on any atom is 0.0630 e. The molecule has 5 heteroatoms. The first-order valence-corrected chi connectivity index (χ1v) is 9.52. The van der Waals surface area contributed by atoms with Crippen molar-refractivity contribution in [3.8, 4) is 0 Å². The van der Waals surface area contributed by atoms with Gasteiger partial charge in [-0.1, -0.05) is 34.1 Å². The zero-order valence-electron chi connectivity index (χ0n) is 10.5. The number of rotatable bonds is 3. The lowest BCUT2D eigenvalue weighted by Crippen LogP contribution is -2.16. The van der Waals surface area contributed by atoms with Crippen LogP contribution in [-0.2, 0) is 6.42 Å². The molecule has 0 amide bonds. The summed E-state index contributed by atoms with van der Waals surface area (Å²) >= 11 is 12.7. The van der Waals surface area contributed by atoms with Gasteiger partial charge < -0.3 is 5.32 Å². The van der Waals surface area contributed by atoms with Crippen molar-refractivity contribution in [1.29, 1.82) is 0 Å². The number of thioether (sulfide) groups is 1. The second-order valence-electron chi connectivity index (χ2n) is 4.68. The van der Waals surface area contributed by atoms with Gasteiger partial charge in [-0.05, 0) is 62.0 Å². The van der Waals surface area contributed by atoms with E-state index in [-0.39, 0.29) is 0 Å². The van der Waals surface area contributed by atoms with E-state index in [0.717, 1.165) is 32.1 Å². The molecule has 1 aliphatic rings. The quantitative estimate of drug-likeness (QED) is 0.573. The standard InChI is InChI=1S/C15H12Br3NS/c16-10-6-12(17)15(13(18)7-10)19-8-11-5-9-3-1-2-4-14(9)20-11/h1-4,6-7,11,19H,5,8H2. The maximum absolute atomic E-state index is 3.61. The van der Waals surface area contributed by atoms with Gasteiger partial charge >= 0.3 is 0 Å². The molecule has 2 aromatic rings. The molecule has 20 heavy (non-hydrogen) atoms. The lowest BCUT2D eigenvalue weighted by Gasteiger charge is -2.14. The van der Waals surface area contributed by atoms with Crippen molar-refractivity contribution in [2.75, 3.05) is 11.9 Å². The second-order valence-corrected chi connectivity index (χ2v) is 8.64. The fourth-order valence-electron chi connectivity index (χ4n) is 2.29. The number of anilines is 1. The minimum Gasteiger partial charge on any atom is -0.382 e. The maximum atomic E-state index is 3.61. The normalized spacial score (nSPS) is 17.1. The SMILES string of the molecule is Brc1cc(Br)c(NCC2Cc3ccccc3S2)c(Br)c1. The Morgan fingerprint density at radius 3 is 2.50 bits per heavy atom. The third-order valence-electron chi connectivity index (χ3n) is 3.23. The van der Waals surface area contributed by atoms with Gasteiger partial charge in [0.25, 0.3) is 0 Å². The first-order valence-electron chi connectivity index (χ1n) is 6.26. The molecule has 0 radical (unpaired) electrons. The highest BCUT2D eigenvalue weighted by molar-refractivity contribution is 9.11. The Labute approximate surface area is 148 Å². The van der Waals surface area contributed by atoms with E-state index in [1.165, 1.54) is 10.5 Å².